The molecule has 1 aliphatic carbocycles. The standard InChI is InChI=1S/C24H44O2/c1-2-3-4-5-6-7-8-9-10-11-12-13-17-22-18-14-15-19-23(22)20-16-21-24(25)26/h17,23H,2-16,18-21H2,1H3,(H,25,26). The van der Waals surface area contributed by atoms with E-state index < -0.39 is 5.97 Å². The first-order valence-corrected chi connectivity index (χ1v) is 11.6. The number of rotatable bonds is 16. The van der Waals surface area contributed by atoms with Crippen LogP contribution in [0.3, 0.4) is 0 Å². The lowest BCUT2D eigenvalue weighted by Gasteiger charge is -2.25. The molecule has 2 nitrogen and oxygen atoms in total. The van der Waals surface area contributed by atoms with E-state index in [2.05, 4.69) is 13.0 Å². The molecular weight excluding hydrogens is 320 g/mol. The summed E-state index contributed by atoms with van der Waals surface area (Å²) in [5.41, 5.74) is 1.65. The summed E-state index contributed by atoms with van der Waals surface area (Å²) in [6.45, 7) is 2.28. The van der Waals surface area contributed by atoms with Crippen LogP contribution in [0, 0.1) is 5.92 Å². The Balaban J connectivity index is 2.02. The van der Waals surface area contributed by atoms with Crippen molar-refractivity contribution in [1.29, 1.82) is 0 Å². The molecule has 1 fully saturated rings. The zero-order valence-corrected chi connectivity index (χ0v) is 17.4. The Morgan fingerprint density at radius 3 is 2.15 bits per heavy atom. The van der Waals surface area contributed by atoms with E-state index in [0.29, 0.717) is 12.3 Å². The van der Waals surface area contributed by atoms with Crippen molar-refractivity contribution >= 4 is 5.97 Å². The van der Waals surface area contributed by atoms with Crippen molar-refractivity contribution in [2.75, 3.05) is 0 Å². The minimum atomic E-state index is -0.646. The van der Waals surface area contributed by atoms with Crippen LogP contribution in [0.15, 0.2) is 11.6 Å². The van der Waals surface area contributed by atoms with Gasteiger partial charge in [0.05, 0.1) is 0 Å². The Morgan fingerprint density at radius 2 is 1.54 bits per heavy atom. The van der Waals surface area contributed by atoms with E-state index >= 15 is 0 Å². The van der Waals surface area contributed by atoms with Crippen molar-refractivity contribution in [2.45, 2.75) is 129 Å². The van der Waals surface area contributed by atoms with Gasteiger partial charge in [0.15, 0.2) is 0 Å². The molecule has 1 unspecified atom stereocenters. The Bertz CT molecular complexity index is 372. The molecule has 1 atom stereocenters. The van der Waals surface area contributed by atoms with Crippen LogP contribution in [0.4, 0.5) is 0 Å². The molecule has 0 aromatic heterocycles. The third-order valence-electron chi connectivity index (χ3n) is 5.95. The van der Waals surface area contributed by atoms with Gasteiger partial charge in [-0.25, -0.2) is 0 Å². The molecule has 1 saturated carbocycles. The third-order valence-corrected chi connectivity index (χ3v) is 5.95. The molecule has 1 aliphatic rings. The highest BCUT2D eigenvalue weighted by molar-refractivity contribution is 5.66. The predicted octanol–water partition coefficient (Wildman–Crippen LogP) is 8.06. The van der Waals surface area contributed by atoms with Gasteiger partial charge < -0.3 is 5.11 Å². The topological polar surface area (TPSA) is 37.3 Å². The maximum absolute atomic E-state index is 10.7. The fourth-order valence-corrected chi connectivity index (χ4v) is 4.30. The third kappa shape index (κ3) is 12.5. The number of carboxylic acid groups (broad SMARTS) is 1. The number of aliphatic carboxylic acids is 1. The maximum atomic E-state index is 10.7. The van der Waals surface area contributed by atoms with Crippen molar-refractivity contribution in [2.24, 2.45) is 5.92 Å². The molecule has 152 valence electrons. The van der Waals surface area contributed by atoms with Crippen LogP contribution in [0.2, 0.25) is 0 Å². The van der Waals surface area contributed by atoms with E-state index in [4.69, 9.17) is 5.11 Å². The Kier molecular flexibility index (Phi) is 14.7. The molecule has 26 heavy (non-hydrogen) atoms. The summed E-state index contributed by atoms with van der Waals surface area (Å²) in [6.07, 6.45) is 26.7. The SMILES string of the molecule is CCCCCCCCCCCCCC=C1CCCCC1CCCC(=O)O. The van der Waals surface area contributed by atoms with Gasteiger partial charge in [0, 0.05) is 6.42 Å². The minimum Gasteiger partial charge on any atom is -0.481 e. The summed E-state index contributed by atoms with van der Waals surface area (Å²) < 4.78 is 0. The first kappa shape index (κ1) is 23.2. The highest BCUT2D eigenvalue weighted by Crippen LogP contribution is 2.33. The number of allylic oxidation sites excluding steroid dienone is 2. The average molecular weight is 365 g/mol. The van der Waals surface area contributed by atoms with E-state index in [1.165, 1.54) is 103 Å². The molecule has 0 bridgehead atoms. The van der Waals surface area contributed by atoms with E-state index in [9.17, 15) is 4.79 Å². The summed E-state index contributed by atoms with van der Waals surface area (Å²) in [5, 5.41) is 8.82. The van der Waals surface area contributed by atoms with Gasteiger partial charge in [0.1, 0.15) is 0 Å². The highest BCUT2D eigenvalue weighted by Gasteiger charge is 2.18. The smallest absolute Gasteiger partial charge is 0.303 e. The molecule has 0 aromatic carbocycles. The Hall–Kier alpha value is -0.790. The number of carbonyl (C=O) groups is 1. The Morgan fingerprint density at radius 1 is 0.923 bits per heavy atom. The van der Waals surface area contributed by atoms with Crippen LogP contribution >= 0.6 is 0 Å². The fraction of sp³-hybridized carbons (Fsp3) is 0.875. The monoisotopic (exact) mass is 364 g/mol. The highest BCUT2D eigenvalue weighted by atomic mass is 16.4. The van der Waals surface area contributed by atoms with Crippen molar-refractivity contribution < 1.29 is 9.90 Å². The van der Waals surface area contributed by atoms with Crippen LogP contribution in [0.25, 0.3) is 0 Å². The second-order valence-corrected chi connectivity index (χ2v) is 8.33. The van der Waals surface area contributed by atoms with E-state index in [1.54, 1.807) is 5.57 Å². The first-order valence-electron chi connectivity index (χ1n) is 11.6. The van der Waals surface area contributed by atoms with E-state index in [-0.39, 0.29) is 0 Å². The van der Waals surface area contributed by atoms with Crippen LogP contribution in [0.5, 0.6) is 0 Å². The van der Waals surface area contributed by atoms with Gasteiger partial charge in [0.2, 0.25) is 0 Å². The molecule has 0 spiro atoms. The molecule has 0 amide bonds. The van der Waals surface area contributed by atoms with Gasteiger partial charge in [-0.15, -0.1) is 0 Å². The summed E-state index contributed by atoms with van der Waals surface area (Å²) in [4.78, 5) is 10.7. The molecule has 1 N–H and O–H groups in total. The Labute approximate surface area is 162 Å². The van der Waals surface area contributed by atoms with Crippen LogP contribution in [-0.2, 0) is 4.79 Å². The van der Waals surface area contributed by atoms with Crippen LogP contribution in [-0.4, -0.2) is 11.1 Å². The van der Waals surface area contributed by atoms with Gasteiger partial charge in [-0.1, -0.05) is 89.2 Å². The van der Waals surface area contributed by atoms with Gasteiger partial charge in [0.25, 0.3) is 0 Å². The van der Waals surface area contributed by atoms with E-state index in [0.717, 1.165) is 12.8 Å². The number of carboxylic acids is 1. The summed E-state index contributed by atoms with van der Waals surface area (Å²) in [5.74, 6) is 0.0307. The molecule has 0 aromatic rings. The molecule has 0 aliphatic heterocycles. The average Bonchev–Trinajstić information content (AvgIpc) is 2.63. The van der Waals surface area contributed by atoms with Gasteiger partial charge in [-0.3, -0.25) is 4.79 Å². The molecule has 0 saturated heterocycles. The lowest BCUT2D eigenvalue weighted by Crippen LogP contribution is -2.11. The number of unbranched alkanes of at least 4 members (excludes halogenated alkanes) is 11. The summed E-state index contributed by atoms with van der Waals surface area (Å²) in [6, 6.07) is 0. The second kappa shape index (κ2) is 16.4. The lowest BCUT2D eigenvalue weighted by atomic mass is 9.80. The minimum absolute atomic E-state index is 0.336. The van der Waals surface area contributed by atoms with Crippen molar-refractivity contribution in [3.8, 4) is 0 Å². The summed E-state index contributed by atoms with van der Waals surface area (Å²) >= 11 is 0. The number of hydrogen-bond donors (Lipinski definition) is 1. The van der Waals surface area contributed by atoms with Crippen LogP contribution in [0.1, 0.15) is 129 Å². The summed E-state index contributed by atoms with van der Waals surface area (Å²) in [7, 11) is 0. The molecule has 2 heteroatoms. The first-order chi connectivity index (χ1) is 12.7. The van der Waals surface area contributed by atoms with E-state index in [1.807, 2.05) is 0 Å². The van der Waals surface area contributed by atoms with Crippen molar-refractivity contribution in [3.05, 3.63) is 11.6 Å². The lowest BCUT2D eigenvalue weighted by molar-refractivity contribution is -0.137. The normalized spacial score (nSPS) is 19.1. The fourth-order valence-electron chi connectivity index (χ4n) is 4.30. The maximum Gasteiger partial charge on any atom is 0.303 e. The van der Waals surface area contributed by atoms with Crippen molar-refractivity contribution in [3.63, 3.8) is 0 Å². The van der Waals surface area contributed by atoms with Crippen molar-refractivity contribution in [1.82, 2.24) is 0 Å². The molecular formula is C24H44O2. The largest absolute Gasteiger partial charge is 0.481 e. The molecule has 0 heterocycles. The predicted molar refractivity (Wildman–Crippen MR) is 113 cm³/mol. The van der Waals surface area contributed by atoms with Crippen LogP contribution < -0.4 is 0 Å². The van der Waals surface area contributed by atoms with Gasteiger partial charge >= 0.3 is 5.97 Å². The quantitative estimate of drug-likeness (QED) is 0.222. The molecule has 1 rings (SSSR count). The second-order valence-electron chi connectivity index (χ2n) is 8.33. The number of hydrogen-bond acceptors (Lipinski definition) is 1. The van der Waals surface area contributed by atoms with Gasteiger partial charge in [-0.2, -0.15) is 0 Å². The molecule has 0 radical (unpaired) electrons. The zero-order valence-electron chi connectivity index (χ0n) is 17.4. The zero-order chi connectivity index (χ0) is 18.9. The van der Waals surface area contributed by atoms with Gasteiger partial charge in [-0.05, 0) is 50.9 Å².